The van der Waals surface area contributed by atoms with E-state index in [1.54, 1.807) is 0 Å². The first kappa shape index (κ1) is 27.7. The Morgan fingerprint density at radius 2 is 0.796 bits per heavy atom. The minimum atomic E-state index is 1.16. The van der Waals surface area contributed by atoms with E-state index in [-0.39, 0.29) is 0 Å². The summed E-state index contributed by atoms with van der Waals surface area (Å²) in [4.78, 5) is 0. The topological polar surface area (TPSA) is 4.93 Å². The third-order valence-electron chi connectivity index (χ3n) is 10.2. The summed E-state index contributed by atoms with van der Waals surface area (Å²) in [5.74, 6) is 0. The zero-order chi connectivity index (χ0) is 32.3. The van der Waals surface area contributed by atoms with E-state index >= 15 is 0 Å². The van der Waals surface area contributed by atoms with E-state index in [1.807, 2.05) is 0 Å². The second-order valence-electron chi connectivity index (χ2n) is 12.9. The molecule has 1 heteroatoms. The predicted molar refractivity (Wildman–Crippen MR) is 210 cm³/mol. The van der Waals surface area contributed by atoms with Crippen molar-refractivity contribution in [2.75, 3.05) is 0 Å². The molecule has 9 aromatic carbocycles. The first-order chi connectivity index (χ1) is 24.3. The minimum Gasteiger partial charge on any atom is -0.309 e. The summed E-state index contributed by atoms with van der Waals surface area (Å²) >= 11 is 0. The first-order valence-electron chi connectivity index (χ1n) is 16.9. The monoisotopic (exact) mass is 621 g/mol. The van der Waals surface area contributed by atoms with Crippen LogP contribution in [0.15, 0.2) is 188 Å². The zero-order valence-electron chi connectivity index (χ0n) is 26.8. The summed E-state index contributed by atoms with van der Waals surface area (Å²) in [6, 6.07) is 68.7. The van der Waals surface area contributed by atoms with E-state index in [4.69, 9.17) is 0 Å². The van der Waals surface area contributed by atoms with Gasteiger partial charge in [-0.05, 0) is 96.0 Å². The molecule has 1 aromatic heterocycles. The van der Waals surface area contributed by atoms with Crippen LogP contribution in [0, 0.1) is 0 Å². The van der Waals surface area contributed by atoms with Crippen molar-refractivity contribution in [3.05, 3.63) is 188 Å². The average molecular weight is 622 g/mol. The molecule has 49 heavy (non-hydrogen) atoms. The van der Waals surface area contributed by atoms with Gasteiger partial charge in [0.25, 0.3) is 0 Å². The van der Waals surface area contributed by atoms with E-state index in [2.05, 4.69) is 193 Å². The van der Waals surface area contributed by atoms with Crippen molar-refractivity contribution in [3.8, 4) is 39.1 Å². The van der Waals surface area contributed by atoms with Gasteiger partial charge in [0.15, 0.2) is 0 Å². The molecule has 0 saturated heterocycles. The van der Waals surface area contributed by atoms with E-state index in [9.17, 15) is 0 Å². The van der Waals surface area contributed by atoms with Gasteiger partial charge in [0.1, 0.15) is 0 Å². The van der Waals surface area contributed by atoms with E-state index in [0.717, 1.165) is 5.69 Å². The van der Waals surface area contributed by atoms with Gasteiger partial charge in [0, 0.05) is 16.5 Å². The van der Waals surface area contributed by atoms with Crippen molar-refractivity contribution in [1.29, 1.82) is 0 Å². The Morgan fingerprint density at radius 3 is 1.41 bits per heavy atom. The van der Waals surface area contributed by atoms with Gasteiger partial charge in [-0.25, -0.2) is 0 Å². The highest BCUT2D eigenvalue weighted by molar-refractivity contribution is 6.23. The maximum atomic E-state index is 2.39. The number of nitrogens with zero attached hydrogens (tertiary/aromatic N) is 1. The zero-order valence-corrected chi connectivity index (χ0v) is 26.8. The van der Waals surface area contributed by atoms with Gasteiger partial charge in [-0.3, -0.25) is 0 Å². The van der Waals surface area contributed by atoms with Gasteiger partial charge in [0.05, 0.1) is 11.0 Å². The summed E-state index contributed by atoms with van der Waals surface area (Å²) in [7, 11) is 0. The molecule has 0 unspecified atom stereocenters. The second kappa shape index (κ2) is 11.1. The molecule has 0 aliphatic heterocycles. The molecule has 0 atom stereocenters. The fraction of sp³-hybridized carbons (Fsp3) is 0. The van der Waals surface area contributed by atoms with Crippen molar-refractivity contribution < 1.29 is 0 Å². The number of benzene rings is 9. The largest absolute Gasteiger partial charge is 0.309 e. The van der Waals surface area contributed by atoms with Crippen LogP contribution in [0.3, 0.4) is 0 Å². The molecule has 0 amide bonds. The van der Waals surface area contributed by atoms with E-state index in [0.29, 0.717) is 0 Å². The molecule has 0 radical (unpaired) electrons. The Hall–Kier alpha value is -6.44. The fourth-order valence-electron chi connectivity index (χ4n) is 8.01. The number of hydrogen-bond acceptors (Lipinski definition) is 0. The van der Waals surface area contributed by atoms with Crippen LogP contribution in [0.25, 0.3) is 93.2 Å². The molecule has 0 spiro atoms. The lowest BCUT2D eigenvalue weighted by atomic mass is 9.84. The molecule has 0 saturated carbocycles. The smallest absolute Gasteiger partial charge is 0.0541 e. The van der Waals surface area contributed by atoms with E-state index in [1.165, 1.54) is 87.5 Å². The second-order valence-corrected chi connectivity index (χ2v) is 12.9. The summed E-state index contributed by atoms with van der Waals surface area (Å²) in [5.41, 5.74) is 11.1. The number of hydrogen-bond donors (Lipinski definition) is 0. The van der Waals surface area contributed by atoms with Crippen molar-refractivity contribution >= 4 is 54.1 Å². The molecule has 10 aromatic rings. The molecule has 10 rings (SSSR count). The maximum Gasteiger partial charge on any atom is 0.0541 e. The normalized spacial score (nSPS) is 11.7. The molecule has 0 aliphatic carbocycles. The Morgan fingerprint density at radius 1 is 0.286 bits per heavy atom. The maximum absolute atomic E-state index is 2.39. The number of aromatic nitrogens is 1. The fourth-order valence-corrected chi connectivity index (χ4v) is 8.01. The van der Waals surface area contributed by atoms with Crippen LogP contribution in [-0.4, -0.2) is 4.57 Å². The third kappa shape index (κ3) is 4.33. The Balaban J connectivity index is 1.20. The van der Waals surface area contributed by atoms with Crippen molar-refractivity contribution in [2.45, 2.75) is 0 Å². The molecule has 0 aliphatic rings. The lowest BCUT2D eigenvalue weighted by molar-refractivity contribution is 1.18. The molecular weight excluding hydrogens is 591 g/mol. The van der Waals surface area contributed by atoms with Gasteiger partial charge >= 0.3 is 0 Å². The molecule has 1 heterocycles. The highest BCUT2D eigenvalue weighted by atomic mass is 15.0. The SMILES string of the molecule is c1ccc(-c2ccc3cccc(-c4c5ccccc5c(-c5ccc(-n6c7ccccc7c7ccccc76)cc5)c5ccccc45)c3c2)cc1. The van der Waals surface area contributed by atoms with Crippen LogP contribution in [0.5, 0.6) is 0 Å². The van der Waals surface area contributed by atoms with Crippen LogP contribution < -0.4 is 0 Å². The molecule has 0 N–H and O–H groups in total. The van der Waals surface area contributed by atoms with Gasteiger partial charge in [-0.2, -0.15) is 0 Å². The molecular formula is C48H31N. The highest BCUT2D eigenvalue weighted by Gasteiger charge is 2.19. The quantitative estimate of drug-likeness (QED) is 0.172. The van der Waals surface area contributed by atoms with Gasteiger partial charge in [-0.1, -0.05) is 158 Å². The molecule has 1 nitrogen and oxygen atoms in total. The summed E-state index contributed by atoms with van der Waals surface area (Å²) < 4.78 is 2.39. The first-order valence-corrected chi connectivity index (χ1v) is 16.9. The molecule has 0 bridgehead atoms. The predicted octanol–water partition coefficient (Wildman–Crippen LogP) is 13.2. The number of fused-ring (bicyclic) bond motifs is 6. The molecule has 228 valence electrons. The van der Waals surface area contributed by atoms with Crippen LogP contribution >= 0.6 is 0 Å². The van der Waals surface area contributed by atoms with Crippen LogP contribution in [-0.2, 0) is 0 Å². The van der Waals surface area contributed by atoms with Crippen molar-refractivity contribution in [2.24, 2.45) is 0 Å². The Bertz CT molecular complexity index is 2750. The number of para-hydroxylation sites is 2. The molecule has 0 fully saturated rings. The summed E-state index contributed by atoms with van der Waals surface area (Å²) in [5, 5.41) is 10.1. The van der Waals surface area contributed by atoms with Crippen LogP contribution in [0.2, 0.25) is 0 Å². The van der Waals surface area contributed by atoms with Crippen molar-refractivity contribution in [1.82, 2.24) is 4.57 Å². The van der Waals surface area contributed by atoms with Crippen LogP contribution in [0.4, 0.5) is 0 Å². The third-order valence-corrected chi connectivity index (χ3v) is 10.2. The lowest BCUT2D eigenvalue weighted by Gasteiger charge is -2.19. The summed E-state index contributed by atoms with van der Waals surface area (Å²) in [6.07, 6.45) is 0. The Kier molecular flexibility index (Phi) is 6.25. The minimum absolute atomic E-state index is 1.16. The summed E-state index contributed by atoms with van der Waals surface area (Å²) in [6.45, 7) is 0. The van der Waals surface area contributed by atoms with Gasteiger partial charge in [-0.15, -0.1) is 0 Å². The standard InChI is InChI=1S/C48H31N/c1-2-13-32(14-3-1)35-26-25-33-15-12-22-43(44(33)31-35)48-41-20-6-4-18-39(41)47(40-19-5-7-21-42(40)48)34-27-29-36(30-28-34)49-45-23-10-8-16-37(45)38-17-9-11-24-46(38)49/h1-31H. The average Bonchev–Trinajstić information content (AvgIpc) is 3.51. The van der Waals surface area contributed by atoms with Crippen molar-refractivity contribution in [3.63, 3.8) is 0 Å². The van der Waals surface area contributed by atoms with Gasteiger partial charge in [0.2, 0.25) is 0 Å². The van der Waals surface area contributed by atoms with Gasteiger partial charge < -0.3 is 4.57 Å². The highest BCUT2D eigenvalue weighted by Crippen LogP contribution is 2.46. The van der Waals surface area contributed by atoms with Crippen LogP contribution in [0.1, 0.15) is 0 Å². The number of rotatable bonds is 4. The lowest BCUT2D eigenvalue weighted by Crippen LogP contribution is -1.94. The Labute approximate surface area is 284 Å². The van der Waals surface area contributed by atoms with E-state index < -0.39 is 0 Å².